The van der Waals surface area contributed by atoms with Gasteiger partial charge in [-0.15, -0.1) is 0 Å². The second-order valence-corrected chi connectivity index (χ2v) is 59.5. The Hall–Kier alpha value is -0.506. The molecule has 8 heterocycles. The number of Topliss-reactive ketones (excluding diaryl/α,β-unsaturated/α-hetero) is 1. The summed E-state index contributed by atoms with van der Waals surface area (Å²) in [6.07, 6.45) is 5.27. The van der Waals surface area contributed by atoms with Crippen molar-refractivity contribution in [1.82, 2.24) is 0 Å². The maximum absolute atomic E-state index is 15.4. The lowest BCUT2D eigenvalue weighted by Gasteiger charge is -2.56. The maximum atomic E-state index is 15.4. The van der Waals surface area contributed by atoms with E-state index in [2.05, 4.69) is 195 Å². The second-order valence-electron chi connectivity index (χ2n) is 35.7. The summed E-state index contributed by atoms with van der Waals surface area (Å²) in [5.74, 6) is 0.0699. The lowest BCUT2D eigenvalue weighted by molar-refractivity contribution is -0.266. The maximum Gasteiger partial charge on any atom is 0.193 e. The van der Waals surface area contributed by atoms with Crippen LogP contribution in [-0.2, 0) is 55.3 Å². The van der Waals surface area contributed by atoms with Crippen molar-refractivity contribution in [2.45, 2.75) is 376 Å². The molecule has 18 atom stereocenters. The molecule has 0 aromatic carbocycles. The molecule has 0 spiro atoms. The number of aliphatic hydroxyl groups is 1. The topological polar surface area (TPSA) is 139 Å². The van der Waals surface area contributed by atoms with Gasteiger partial charge in [-0.2, -0.15) is 0 Å². The molecular formula is C70H132O13Si5. The molecule has 8 rings (SSSR count). The first-order chi connectivity index (χ1) is 40.0. The van der Waals surface area contributed by atoms with Gasteiger partial charge in [0.15, 0.2) is 41.6 Å². The van der Waals surface area contributed by atoms with Gasteiger partial charge in [0.1, 0.15) is 30.2 Å². The van der Waals surface area contributed by atoms with Gasteiger partial charge in [0.25, 0.3) is 0 Å². The number of hydrogen-bond acceptors (Lipinski definition) is 13. The second kappa shape index (κ2) is 28.7. The summed E-state index contributed by atoms with van der Waals surface area (Å²) in [7, 11) is -10.3. The Bertz CT molecular complexity index is 2360. The fraction of sp³-hybridized carbons (Fsp3) is 0.900. The van der Waals surface area contributed by atoms with Gasteiger partial charge in [0.05, 0.1) is 79.9 Å². The van der Waals surface area contributed by atoms with Crippen molar-refractivity contribution < 1.29 is 60.5 Å². The van der Waals surface area contributed by atoms with Crippen LogP contribution in [0.2, 0.25) is 90.7 Å². The zero-order chi connectivity index (χ0) is 66.5. The van der Waals surface area contributed by atoms with E-state index in [0.29, 0.717) is 45.1 Å². The Balaban J connectivity index is 1.45. The lowest BCUT2D eigenvalue weighted by Crippen LogP contribution is -2.69. The standard InChI is InChI=1S/C70H132O13Si5/c1-45-38-51-33-36-55-46(2)39-50(75-55)32-30-48(71)31-35-57(81-86(24,25)68(10,11)12)63-65(83-88(28,29)70(16,17)18)64(82-87(26,27)69(13,14)15)62-56(79-63)37-34-52(77-62)40-49(72)41-54-59(43-58(76-51)47(45)3)78-60(61(54)73-19)42-53(80-85(22,23)67(7,8)9)44-74-84(20,21)66(4,5)6/h31,35,45,48,50-65,71H,2-3,30,32-34,36-44H2,1,4-29H3/t45-,48?,50+,51+,52-,53+,54+,55+,56+,57+,58-,59+,60-,61-,62+,63+,64+,65-/m1/s1. The number of ether oxygens (including phenoxy) is 6. The Morgan fingerprint density at radius 1 is 0.545 bits per heavy atom. The van der Waals surface area contributed by atoms with Crippen LogP contribution in [0.1, 0.15) is 188 Å². The van der Waals surface area contributed by atoms with Crippen LogP contribution in [0.4, 0.5) is 0 Å². The summed E-state index contributed by atoms with van der Waals surface area (Å²) in [5.41, 5.74) is 2.17. The molecule has 5 fully saturated rings. The van der Waals surface area contributed by atoms with Crippen LogP contribution in [0.3, 0.4) is 0 Å². The molecule has 0 aromatic heterocycles. The van der Waals surface area contributed by atoms with Crippen molar-refractivity contribution in [3.8, 4) is 0 Å². The smallest absolute Gasteiger partial charge is 0.193 e. The van der Waals surface area contributed by atoms with Crippen LogP contribution < -0.4 is 0 Å². The molecule has 0 radical (unpaired) electrons. The van der Waals surface area contributed by atoms with Crippen LogP contribution in [0, 0.1) is 11.8 Å². The van der Waals surface area contributed by atoms with Crippen LogP contribution in [0.15, 0.2) is 36.5 Å². The SMILES string of the molecule is C=C1C[C@@H]2CCC(O)C=C[C@H](O[Si](C)(C)C(C)(C)C)[C@@H]3O[C@H]4CC[C@H](CC(=O)C[C@@H]5[C@@H](OC)[C@@H](C[C@@H](CO[Si](C)(C)C(C)(C)C)O[Si](C)(C)C(C)(C)C)O[C@H]5C[C@H]5O[C@@H](CC[C@@H]1O2)C[C@@H](C)C5=C)O[C@@H]4[C@H](O[Si](C)(C)C(C)(C)C)[C@@H]3O[Si](C)(C)C(C)(C)C. The van der Waals surface area contributed by atoms with Gasteiger partial charge in [-0.3, -0.25) is 4.79 Å². The molecule has 88 heavy (non-hydrogen) atoms. The Labute approximate surface area is 543 Å². The molecule has 13 nitrogen and oxygen atoms in total. The summed E-state index contributed by atoms with van der Waals surface area (Å²) in [4.78, 5) is 15.4. The molecule has 8 bridgehead atoms. The van der Waals surface area contributed by atoms with Crippen molar-refractivity contribution in [1.29, 1.82) is 0 Å². The van der Waals surface area contributed by atoms with Gasteiger partial charge in [-0.05, 0) is 159 Å². The number of aliphatic hydroxyl groups excluding tert-OH is 1. The highest BCUT2D eigenvalue weighted by molar-refractivity contribution is 6.76. The molecule has 8 aliphatic heterocycles. The Kier molecular flexibility index (Phi) is 24.9. The van der Waals surface area contributed by atoms with E-state index in [1.807, 2.05) is 6.08 Å². The van der Waals surface area contributed by atoms with Crippen molar-refractivity contribution in [2.75, 3.05) is 13.7 Å². The first-order valence-corrected chi connectivity index (χ1v) is 48.9. The fourth-order valence-electron chi connectivity index (χ4n) is 12.5. The number of carbonyl (C=O) groups is 1. The fourth-order valence-corrected chi connectivity index (χ4v) is 18.8. The molecule has 8 aliphatic rings. The largest absolute Gasteiger partial charge is 0.414 e. The highest BCUT2D eigenvalue weighted by atomic mass is 28.4. The van der Waals surface area contributed by atoms with E-state index in [0.717, 1.165) is 36.8 Å². The van der Waals surface area contributed by atoms with Gasteiger partial charge in [0, 0.05) is 38.7 Å². The third-order valence-corrected chi connectivity index (χ3v) is 46.1. The predicted molar refractivity (Wildman–Crippen MR) is 372 cm³/mol. The third-order valence-electron chi connectivity index (χ3n) is 23.7. The summed E-state index contributed by atoms with van der Waals surface area (Å²) in [6.45, 7) is 69.2. The molecule has 5 saturated heterocycles. The van der Waals surface area contributed by atoms with E-state index in [1.54, 1.807) is 7.11 Å². The molecular weight excluding hydrogens is 1190 g/mol. The van der Waals surface area contributed by atoms with Gasteiger partial charge in [0.2, 0.25) is 0 Å². The van der Waals surface area contributed by atoms with Crippen molar-refractivity contribution in [2.24, 2.45) is 11.8 Å². The first kappa shape index (κ1) is 76.5. The average molecular weight is 1320 g/mol. The molecule has 1 N–H and O–H groups in total. The van der Waals surface area contributed by atoms with E-state index in [4.69, 9.17) is 50.6 Å². The van der Waals surface area contributed by atoms with E-state index >= 15 is 4.79 Å². The molecule has 18 heteroatoms. The number of ketones is 1. The summed E-state index contributed by atoms with van der Waals surface area (Å²) < 4.78 is 80.5. The third kappa shape index (κ3) is 18.7. The Morgan fingerprint density at radius 2 is 1.06 bits per heavy atom. The van der Waals surface area contributed by atoms with E-state index in [1.165, 1.54) is 0 Å². The first-order valence-electron chi connectivity index (χ1n) is 34.4. The van der Waals surface area contributed by atoms with Crippen molar-refractivity contribution >= 4 is 47.4 Å². The predicted octanol–water partition coefficient (Wildman–Crippen LogP) is 17.0. The van der Waals surface area contributed by atoms with Crippen molar-refractivity contribution in [3.05, 3.63) is 36.5 Å². The Morgan fingerprint density at radius 3 is 1.61 bits per heavy atom. The number of hydrogen-bond donors (Lipinski definition) is 1. The highest BCUT2D eigenvalue weighted by Gasteiger charge is 2.59. The average Bonchev–Trinajstić information content (AvgIpc) is 0.954. The normalized spacial score (nSPS) is 35.0. The molecule has 0 aliphatic carbocycles. The molecule has 0 amide bonds. The highest BCUT2D eigenvalue weighted by Crippen LogP contribution is 2.50. The monoisotopic (exact) mass is 1320 g/mol. The number of fused-ring (bicyclic) bond motifs is 2. The summed E-state index contributed by atoms with van der Waals surface area (Å²) in [6, 6.07) is 0. The molecule has 0 aromatic rings. The number of rotatable bonds is 14. The van der Waals surface area contributed by atoms with Gasteiger partial charge < -0.3 is 55.7 Å². The molecule has 1 unspecified atom stereocenters. The number of carbonyl (C=O) groups excluding carboxylic acids is 1. The van der Waals surface area contributed by atoms with Crippen LogP contribution in [-0.4, -0.2) is 164 Å². The van der Waals surface area contributed by atoms with Crippen molar-refractivity contribution in [3.63, 3.8) is 0 Å². The minimum absolute atomic E-state index is 0.0128. The lowest BCUT2D eigenvalue weighted by atomic mass is 9.81. The van der Waals surface area contributed by atoms with Crippen LogP contribution in [0.25, 0.3) is 0 Å². The minimum Gasteiger partial charge on any atom is -0.414 e. The van der Waals surface area contributed by atoms with Crippen LogP contribution in [0.5, 0.6) is 0 Å². The summed E-state index contributed by atoms with van der Waals surface area (Å²) >= 11 is 0. The zero-order valence-electron chi connectivity index (χ0n) is 61.0. The van der Waals surface area contributed by atoms with E-state index in [9.17, 15) is 5.11 Å². The van der Waals surface area contributed by atoms with Gasteiger partial charge >= 0.3 is 0 Å². The molecule has 0 saturated carbocycles. The van der Waals surface area contributed by atoms with Gasteiger partial charge in [-0.25, -0.2) is 0 Å². The molecule has 510 valence electrons. The van der Waals surface area contributed by atoms with Crippen LogP contribution >= 0.6 is 0 Å². The quantitative estimate of drug-likeness (QED) is 0.131. The summed E-state index contributed by atoms with van der Waals surface area (Å²) in [5, 5.41) is 11.5. The number of methoxy groups -OCH3 is 1. The minimum atomic E-state index is -2.58. The zero-order valence-corrected chi connectivity index (χ0v) is 66.0. The van der Waals surface area contributed by atoms with Gasteiger partial charge in [-0.1, -0.05) is 136 Å². The van der Waals surface area contributed by atoms with E-state index < -0.39 is 84.3 Å². The van der Waals surface area contributed by atoms with E-state index in [-0.39, 0.29) is 111 Å².